The van der Waals surface area contributed by atoms with Gasteiger partial charge in [0.05, 0.1) is 18.8 Å². The Labute approximate surface area is 144 Å². The van der Waals surface area contributed by atoms with Crippen molar-refractivity contribution in [3.63, 3.8) is 0 Å². The van der Waals surface area contributed by atoms with Gasteiger partial charge in [-0.15, -0.1) is 5.10 Å². The first-order chi connectivity index (χ1) is 11.8. The SMILES string of the molecule is O=C(c1cn(Cc2ccccc2)nn1)N1CCC[C@@H]1c1ccsc1. The predicted molar refractivity (Wildman–Crippen MR) is 92.9 cm³/mol. The van der Waals surface area contributed by atoms with Crippen molar-refractivity contribution in [2.45, 2.75) is 25.4 Å². The molecular formula is C18H18N4OS. The van der Waals surface area contributed by atoms with Crippen molar-refractivity contribution in [1.82, 2.24) is 19.9 Å². The van der Waals surface area contributed by atoms with Crippen LogP contribution in [-0.4, -0.2) is 32.3 Å². The predicted octanol–water partition coefficient (Wildman–Crippen LogP) is 3.37. The number of hydrogen-bond donors (Lipinski definition) is 0. The average molecular weight is 338 g/mol. The number of carbonyl (C=O) groups is 1. The minimum Gasteiger partial charge on any atom is -0.330 e. The quantitative estimate of drug-likeness (QED) is 0.733. The smallest absolute Gasteiger partial charge is 0.276 e. The van der Waals surface area contributed by atoms with E-state index in [1.165, 1.54) is 5.56 Å². The number of benzene rings is 1. The first-order valence-corrected chi connectivity index (χ1v) is 9.02. The van der Waals surface area contributed by atoms with Crippen LogP contribution in [0.2, 0.25) is 0 Å². The van der Waals surface area contributed by atoms with Gasteiger partial charge in [0, 0.05) is 6.54 Å². The van der Waals surface area contributed by atoms with Crippen LogP contribution in [0.4, 0.5) is 0 Å². The summed E-state index contributed by atoms with van der Waals surface area (Å²) in [5.41, 5.74) is 2.79. The molecule has 122 valence electrons. The van der Waals surface area contributed by atoms with Gasteiger partial charge in [-0.05, 0) is 40.8 Å². The Bertz CT molecular complexity index is 813. The van der Waals surface area contributed by atoms with Gasteiger partial charge in [0.2, 0.25) is 0 Å². The molecule has 0 unspecified atom stereocenters. The molecule has 2 aromatic heterocycles. The molecule has 0 aliphatic carbocycles. The largest absolute Gasteiger partial charge is 0.330 e. The second-order valence-corrected chi connectivity index (χ2v) is 6.78. The second kappa shape index (κ2) is 6.57. The highest BCUT2D eigenvalue weighted by molar-refractivity contribution is 7.08. The summed E-state index contributed by atoms with van der Waals surface area (Å²) in [5.74, 6) is -0.0250. The van der Waals surface area contributed by atoms with Crippen molar-refractivity contribution in [2.24, 2.45) is 0 Å². The van der Waals surface area contributed by atoms with Crippen LogP contribution >= 0.6 is 11.3 Å². The van der Waals surface area contributed by atoms with Gasteiger partial charge in [-0.25, -0.2) is 4.68 Å². The zero-order chi connectivity index (χ0) is 16.4. The molecule has 0 N–H and O–H groups in total. The number of thiophene rings is 1. The second-order valence-electron chi connectivity index (χ2n) is 6.00. The number of hydrogen-bond acceptors (Lipinski definition) is 4. The minimum absolute atomic E-state index is 0.0250. The van der Waals surface area contributed by atoms with Gasteiger partial charge in [0.25, 0.3) is 5.91 Å². The molecule has 5 nitrogen and oxygen atoms in total. The zero-order valence-electron chi connectivity index (χ0n) is 13.2. The lowest BCUT2D eigenvalue weighted by Gasteiger charge is -2.23. The number of nitrogens with zero attached hydrogens (tertiary/aromatic N) is 4. The van der Waals surface area contributed by atoms with Crippen LogP contribution in [0.15, 0.2) is 53.4 Å². The maximum absolute atomic E-state index is 12.8. The Morgan fingerprint density at radius 1 is 1.25 bits per heavy atom. The van der Waals surface area contributed by atoms with E-state index in [1.54, 1.807) is 22.2 Å². The molecule has 4 rings (SSSR count). The number of amides is 1. The van der Waals surface area contributed by atoms with Crippen LogP contribution in [0.25, 0.3) is 0 Å². The minimum atomic E-state index is -0.0250. The summed E-state index contributed by atoms with van der Waals surface area (Å²) in [6.45, 7) is 1.40. The molecule has 1 saturated heterocycles. The maximum atomic E-state index is 12.8. The van der Waals surface area contributed by atoms with Crippen molar-refractivity contribution in [3.8, 4) is 0 Å². The van der Waals surface area contributed by atoms with Gasteiger partial charge in [0.15, 0.2) is 5.69 Å². The van der Waals surface area contributed by atoms with Crippen LogP contribution in [0.3, 0.4) is 0 Å². The molecule has 0 spiro atoms. The lowest BCUT2D eigenvalue weighted by atomic mass is 10.1. The summed E-state index contributed by atoms with van der Waals surface area (Å²) >= 11 is 1.67. The summed E-state index contributed by atoms with van der Waals surface area (Å²) in [5, 5.41) is 12.4. The highest BCUT2D eigenvalue weighted by Gasteiger charge is 2.32. The Morgan fingerprint density at radius 3 is 2.92 bits per heavy atom. The molecule has 1 fully saturated rings. The molecular weight excluding hydrogens is 320 g/mol. The van der Waals surface area contributed by atoms with Crippen LogP contribution in [0, 0.1) is 0 Å². The molecule has 3 heterocycles. The molecule has 3 aromatic rings. The van der Waals surface area contributed by atoms with E-state index in [0.717, 1.165) is 24.9 Å². The van der Waals surface area contributed by atoms with E-state index in [2.05, 4.69) is 27.1 Å². The summed E-state index contributed by atoms with van der Waals surface area (Å²) in [6.07, 6.45) is 3.80. The van der Waals surface area contributed by atoms with Crippen LogP contribution in [0.5, 0.6) is 0 Å². The molecule has 1 aliphatic rings. The Hall–Kier alpha value is -2.47. The summed E-state index contributed by atoms with van der Waals surface area (Å²) in [6, 6.07) is 12.3. The number of likely N-dealkylation sites (tertiary alicyclic amines) is 1. The van der Waals surface area contributed by atoms with Gasteiger partial charge in [-0.2, -0.15) is 11.3 Å². The third-order valence-corrected chi connectivity index (χ3v) is 5.09. The fraction of sp³-hybridized carbons (Fsp3) is 0.278. The first kappa shape index (κ1) is 15.1. The van der Waals surface area contributed by atoms with Gasteiger partial charge in [-0.3, -0.25) is 4.79 Å². The number of rotatable bonds is 4. The average Bonchev–Trinajstić information content (AvgIpc) is 3.35. The summed E-state index contributed by atoms with van der Waals surface area (Å²) in [7, 11) is 0. The molecule has 1 atom stereocenters. The molecule has 0 saturated carbocycles. The van der Waals surface area contributed by atoms with Gasteiger partial charge >= 0.3 is 0 Å². The Morgan fingerprint density at radius 2 is 2.12 bits per heavy atom. The van der Waals surface area contributed by atoms with Crippen molar-refractivity contribution in [2.75, 3.05) is 6.54 Å². The van der Waals surface area contributed by atoms with Gasteiger partial charge in [0.1, 0.15) is 0 Å². The summed E-state index contributed by atoms with van der Waals surface area (Å²) in [4.78, 5) is 14.8. The lowest BCUT2D eigenvalue weighted by molar-refractivity contribution is 0.0730. The van der Waals surface area contributed by atoms with E-state index >= 15 is 0 Å². The zero-order valence-corrected chi connectivity index (χ0v) is 14.0. The van der Waals surface area contributed by atoms with Crippen LogP contribution < -0.4 is 0 Å². The van der Waals surface area contributed by atoms with Crippen LogP contribution in [-0.2, 0) is 6.54 Å². The van der Waals surface area contributed by atoms with Gasteiger partial charge in [-0.1, -0.05) is 35.5 Å². The molecule has 1 amide bonds. The normalized spacial score (nSPS) is 17.3. The van der Waals surface area contributed by atoms with Crippen molar-refractivity contribution in [1.29, 1.82) is 0 Å². The maximum Gasteiger partial charge on any atom is 0.276 e. The van der Waals surface area contributed by atoms with Crippen molar-refractivity contribution < 1.29 is 4.79 Å². The Balaban J connectivity index is 1.50. The number of aromatic nitrogens is 3. The molecule has 1 aromatic carbocycles. The van der Waals surface area contributed by atoms with Gasteiger partial charge < -0.3 is 4.90 Å². The standard InChI is InChI=1S/C18H18N4OS/c23-18(22-9-4-7-17(22)15-8-10-24-13-15)16-12-21(20-19-16)11-14-5-2-1-3-6-14/h1-3,5-6,8,10,12-13,17H,4,7,9,11H2/t17-/m1/s1. The molecule has 0 bridgehead atoms. The monoisotopic (exact) mass is 338 g/mol. The molecule has 24 heavy (non-hydrogen) atoms. The van der Waals surface area contributed by atoms with E-state index in [4.69, 9.17) is 0 Å². The van der Waals surface area contributed by atoms with Crippen LogP contribution in [0.1, 0.15) is 40.5 Å². The fourth-order valence-electron chi connectivity index (χ4n) is 3.21. The third-order valence-electron chi connectivity index (χ3n) is 4.39. The number of carbonyl (C=O) groups excluding carboxylic acids is 1. The van der Waals surface area contributed by atoms with E-state index in [9.17, 15) is 4.79 Å². The lowest BCUT2D eigenvalue weighted by Crippen LogP contribution is -2.30. The fourth-order valence-corrected chi connectivity index (χ4v) is 3.92. The molecule has 6 heteroatoms. The molecule has 0 radical (unpaired) electrons. The summed E-state index contributed by atoms with van der Waals surface area (Å²) < 4.78 is 1.72. The van der Waals surface area contributed by atoms with Crippen molar-refractivity contribution in [3.05, 3.63) is 70.2 Å². The topological polar surface area (TPSA) is 51.0 Å². The highest BCUT2D eigenvalue weighted by atomic mass is 32.1. The first-order valence-electron chi connectivity index (χ1n) is 8.08. The highest BCUT2D eigenvalue weighted by Crippen LogP contribution is 2.33. The van der Waals surface area contributed by atoms with E-state index in [1.807, 2.05) is 35.2 Å². The van der Waals surface area contributed by atoms with Crippen molar-refractivity contribution >= 4 is 17.2 Å². The third kappa shape index (κ3) is 2.97. The van der Waals surface area contributed by atoms with E-state index in [0.29, 0.717) is 12.2 Å². The molecule has 1 aliphatic heterocycles. The Kier molecular flexibility index (Phi) is 4.13. The van der Waals surface area contributed by atoms with E-state index in [-0.39, 0.29) is 11.9 Å². The van der Waals surface area contributed by atoms with E-state index < -0.39 is 0 Å².